The van der Waals surface area contributed by atoms with Gasteiger partial charge in [-0.1, -0.05) is 67.4 Å². The molecular formula is C33H55NO8S. The average molecular weight is 626 g/mol. The Morgan fingerprint density at radius 2 is 1.67 bits per heavy atom. The molecule has 0 radical (unpaired) electrons. The number of aliphatic hydroxyl groups excluding tert-OH is 1. The number of Topliss-reactive ketones (excluding diaryl/α,β-unsaturated/α-hetero) is 1. The van der Waals surface area contributed by atoms with Crippen LogP contribution in [0.3, 0.4) is 0 Å². The molecule has 0 spiro atoms. The smallest absolute Gasteiger partial charge is 0.328 e. The minimum atomic E-state index is -1.26. The third kappa shape index (κ3) is 9.91. The van der Waals surface area contributed by atoms with Gasteiger partial charge in [0.1, 0.15) is 11.7 Å². The van der Waals surface area contributed by atoms with Gasteiger partial charge >= 0.3 is 17.9 Å². The average Bonchev–Trinajstić information content (AvgIpc) is 3.31. The van der Waals surface area contributed by atoms with Gasteiger partial charge in [-0.15, -0.1) is 18.3 Å². The maximum atomic E-state index is 13.6. The lowest BCUT2D eigenvalue weighted by Gasteiger charge is -2.56. The third-order valence-corrected chi connectivity index (χ3v) is 10.7. The van der Waals surface area contributed by atoms with Crippen molar-refractivity contribution in [3.63, 3.8) is 0 Å². The van der Waals surface area contributed by atoms with E-state index in [9.17, 15) is 24.3 Å². The van der Waals surface area contributed by atoms with E-state index in [1.165, 1.54) is 0 Å². The summed E-state index contributed by atoms with van der Waals surface area (Å²) in [6, 6.07) is 0. The molecule has 0 amide bonds. The topological polar surface area (TPSA) is 141 Å². The molecule has 0 aliphatic heterocycles. The van der Waals surface area contributed by atoms with Gasteiger partial charge in [-0.3, -0.25) is 9.59 Å². The maximum absolute atomic E-state index is 13.6. The van der Waals surface area contributed by atoms with Crippen molar-refractivity contribution in [3.05, 3.63) is 24.8 Å². The first-order valence-electron chi connectivity index (χ1n) is 15.5. The Kier molecular flexibility index (Phi) is 15.7. The van der Waals surface area contributed by atoms with E-state index >= 15 is 0 Å². The number of hydrogen-bond donors (Lipinski definition) is 3. The minimum absolute atomic E-state index is 0.0552. The molecule has 6 atom stereocenters. The van der Waals surface area contributed by atoms with Crippen molar-refractivity contribution in [1.82, 2.24) is 4.90 Å². The Labute approximate surface area is 262 Å². The van der Waals surface area contributed by atoms with Crippen LogP contribution in [0, 0.1) is 34.0 Å². The Morgan fingerprint density at radius 1 is 1.09 bits per heavy atom. The number of aliphatic carboxylic acids is 2. The van der Waals surface area contributed by atoms with Crippen LogP contribution in [0.15, 0.2) is 24.8 Å². The summed E-state index contributed by atoms with van der Waals surface area (Å²) in [5, 5.41) is 27.3. The second-order valence-electron chi connectivity index (χ2n) is 12.8. The zero-order valence-electron chi connectivity index (χ0n) is 27.3. The fourth-order valence-electron chi connectivity index (χ4n) is 7.25. The van der Waals surface area contributed by atoms with Gasteiger partial charge in [0, 0.05) is 42.2 Å². The number of carbonyl (C=O) groups is 4. The molecule has 43 heavy (non-hydrogen) atoms. The molecule has 0 saturated heterocycles. The van der Waals surface area contributed by atoms with Gasteiger partial charge < -0.3 is 25.0 Å². The lowest BCUT2D eigenvalue weighted by molar-refractivity contribution is -0.169. The van der Waals surface area contributed by atoms with Crippen LogP contribution < -0.4 is 0 Å². The van der Waals surface area contributed by atoms with Crippen molar-refractivity contribution >= 4 is 35.5 Å². The van der Waals surface area contributed by atoms with Gasteiger partial charge in [0.25, 0.3) is 0 Å². The van der Waals surface area contributed by atoms with E-state index in [4.69, 9.17) is 14.9 Å². The lowest BCUT2D eigenvalue weighted by atomic mass is 9.48. The highest BCUT2D eigenvalue weighted by Crippen LogP contribution is 2.63. The molecule has 0 aromatic rings. The molecule has 2 fully saturated rings. The van der Waals surface area contributed by atoms with Gasteiger partial charge in [0.05, 0.1) is 12.0 Å². The fraction of sp³-hybridized carbons (Fsp3) is 0.758. The zero-order chi connectivity index (χ0) is 33.0. The predicted octanol–water partition coefficient (Wildman–Crippen LogP) is 5.67. The molecule has 2 aliphatic carbocycles. The van der Waals surface area contributed by atoms with Gasteiger partial charge in [0.2, 0.25) is 0 Å². The monoisotopic (exact) mass is 625 g/mol. The maximum Gasteiger partial charge on any atom is 0.328 e. The molecule has 0 bridgehead atoms. The molecule has 2 aliphatic rings. The number of esters is 1. The third-order valence-electron chi connectivity index (χ3n) is 9.92. The van der Waals surface area contributed by atoms with Crippen LogP contribution in [0.4, 0.5) is 0 Å². The second-order valence-corrected chi connectivity index (χ2v) is 13.8. The number of carbonyl (C=O) groups excluding carboxylic acids is 2. The standard InChI is InChI=1S/C29H51NO4S.C4H4O4/c1-9-13-15-29-16-14-23(31)24(29)27(6,7)22(19-28(8,10-2)25(32)21(29)5)26(33)34-20-35-18-17-30(11-3)12-4;5-3(6)1-2-4(7)8/h10,21-22,24-25,32H,2,9,11-20H2,1,3-8H3;1-2H,(H,5,6)(H,7,8)/b;2-1+/t21-,22-,24-,25-,28+,29-;/m0./s1. The summed E-state index contributed by atoms with van der Waals surface area (Å²) in [6.07, 6.45) is 6.99. The summed E-state index contributed by atoms with van der Waals surface area (Å²) in [7, 11) is 0. The Morgan fingerprint density at radius 3 is 2.16 bits per heavy atom. The number of fused-ring (bicyclic) bond motifs is 1. The van der Waals surface area contributed by atoms with Crippen LogP contribution in [0.2, 0.25) is 0 Å². The van der Waals surface area contributed by atoms with E-state index in [-0.39, 0.29) is 29.0 Å². The molecule has 3 N–H and O–H groups in total. The number of unbranched alkanes of at least 4 members (excludes halogenated alkanes) is 1. The first kappa shape index (κ1) is 38.9. The summed E-state index contributed by atoms with van der Waals surface area (Å²) >= 11 is 1.63. The highest BCUT2D eigenvalue weighted by molar-refractivity contribution is 7.99. The zero-order valence-corrected chi connectivity index (χ0v) is 28.1. The summed E-state index contributed by atoms with van der Waals surface area (Å²) in [5.74, 6) is -2.08. The van der Waals surface area contributed by atoms with Crippen LogP contribution in [-0.2, 0) is 23.9 Å². The minimum Gasteiger partial charge on any atom is -0.478 e. The first-order chi connectivity index (χ1) is 20.1. The first-order valence-corrected chi connectivity index (χ1v) is 16.7. The molecule has 2 rings (SSSR count). The van der Waals surface area contributed by atoms with Crippen molar-refractivity contribution in [3.8, 4) is 0 Å². The number of nitrogens with zero attached hydrogens (tertiary/aromatic N) is 1. The number of carboxylic acid groups (broad SMARTS) is 2. The molecule has 2 saturated carbocycles. The van der Waals surface area contributed by atoms with E-state index in [1.807, 2.05) is 13.0 Å². The van der Waals surface area contributed by atoms with Crippen molar-refractivity contribution < 1.29 is 39.2 Å². The number of hydrogen-bond acceptors (Lipinski definition) is 8. The van der Waals surface area contributed by atoms with E-state index in [0.29, 0.717) is 30.9 Å². The predicted molar refractivity (Wildman–Crippen MR) is 171 cm³/mol. The number of ketones is 1. The van der Waals surface area contributed by atoms with E-state index in [0.717, 1.165) is 51.1 Å². The normalized spacial score (nSPS) is 30.1. The molecular weight excluding hydrogens is 570 g/mol. The lowest BCUT2D eigenvalue weighted by Crippen LogP contribution is -2.57. The van der Waals surface area contributed by atoms with E-state index in [2.05, 4.69) is 53.0 Å². The molecule has 9 nitrogen and oxygen atoms in total. The number of thioether (sulfide) groups is 1. The molecule has 0 aromatic heterocycles. The largest absolute Gasteiger partial charge is 0.478 e. The Balaban J connectivity index is 0.00000101. The molecule has 0 aromatic carbocycles. The Hall–Kier alpha value is -2.17. The number of ether oxygens (including phenoxy) is 1. The number of carboxylic acids is 2. The van der Waals surface area contributed by atoms with Crippen LogP contribution >= 0.6 is 11.8 Å². The number of aliphatic hydroxyl groups is 1. The van der Waals surface area contributed by atoms with Gasteiger partial charge in [-0.05, 0) is 49.1 Å². The summed E-state index contributed by atoms with van der Waals surface area (Å²) in [4.78, 5) is 48.5. The molecule has 246 valence electrons. The van der Waals surface area contributed by atoms with Crippen molar-refractivity contribution in [2.45, 2.75) is 93.1 Å². The Bertz CT molecular complexity index is 977. The van der Waals surface area contributed by atoms with Gasteiger partial charge in [-0.25, -0.2) is 9.59 Å². The van der Waals surface area contributed by atoms with Gasteiger partial charge in [0.15, 0.2) is 0 Å². The second kappa shape index (κ2) is 17.4. The van der Waals surface area contributed by atoms with Crippen molar-refractivity contribution in [1.29, 1.82) is 0 Å². The SMILES string of the molecule is C=C[C@]1(C)C[C@@H](C(=O)OCSCCN(CC)CC)C(C)(C)[C@@H]2C(=O)CC[C@@]2(CCCC)[C@@H](C)[C@@H]1O.O=C(O)/C=C/C(=O)O. The van der Waals surface area contributed by atoms with Crippen LogP contribution in [0.5, 0.6) is 0 Å². The highest BCUT2D eigenvalue weighted by atomic mass is 32.2. The van der Waals surface area contributed by atoms with Crippen LogP contribution in [0.1, 0.15) is 87.0 Å². The highest BCUT2D eigenvalue weighted by Gasteiger charge is 2.63. The molecule has 0 heterocycles. The van der Waals surface area contributed by atoms with Crippen molar-refractivity contribution in [2.75, 3.05) is 31.3 Å². The number of rotatable bonds is 14. The van der Waals surface area contributed by atoms with Crippen LogP contribution in [0.25, 0.3) is 0 Å². The fourth-order valence-corrected chi connectivity index (χ4v) is 7.96. The summed E-state index contributed by atoms with van der Waals surface area (Å²) in [6.45, 7) is 21.9. The van der Waals surface area contributed by atoms with Gasteiger partial charge in [-0.2, -0.15) is 0 Å². The van der Waals surface area contributed by atoms with Crippen LogP contribution in [-0.4, -0.2) is 81.3 Å². The van der Waals surface area contributed by atoms with E-state index < -0.39 is 34.8 Å². The quantitative estimate of drug-likeness (QED) is 0.0727. The summed E-state index contributed by atoms with van der Waals surface area (Å²) < 4.78 is 5.84. The van der Waals surface area contributed by atoms with Crippen molar-refractivity contribution in [2.24, 2.45) is 34.0 Å². The summed E-state index contributed by atoms with van der Waals surface area (Å²) in [5.41, 5.74) is -1.51. The molecule has 10 heteroatoms. The van der Waals surface area contributed by atoms with E-state index in [1.54, 1.807) is 11.8 Å². The molecule has 0 unspecified atom stereocenters.